The minimum atomic E-state index is -2.89. The largest absolute Gasteiger partial charge is 0.388 e. The zero-order valence-corrected chi connectivity index (χ0v) is 9.89. The van der Waals surface area contributed by atoms with Gasteiger partial charge in [-0.1, -0.05) is 0 Å². The molecule has 0 aromatic heterocycles. The van der Waals surface area contributed by atoms with Crippen molar-refractivity contribution in [1.29, 1.82) is 5.41 Å². The van der Waals surface area contributed by atoms with Gasteiger partial charge in [-0.15, -0.1) is 0 Å². The summed E-state index contributed by atoms with van der Waals surface area (Å²) in [5.41, 5.74) is 5.28. The molecule has 0 aliphatic heterocycles. The van der Waals surface area contributed by atoms with E-state index in [9.17, 15) is 8.42 Å². The molecule has 0 spiro atoms. The van der Waals surface area contributed by atoms with Crippen molar-refractivity contribution in [2.24, 2.45) is 5.73 Å². The summed E-state index contributed by atoms with van der Waals surface area (Å²) in [5, 5.41) is 7.14. The Labute approximate surface area is 91.1 Å². The van der Waals surface area contributed by atoms with Gasteiger partial charge in [0.05, 0.1) is 11.6 Å². The molecule has 1 rings (SSSR count). The molecule has 0 aromatic rings. The second kappa shape index (κ2) is 4.94. The predicted octanol–water partition coefficient (Wildman–Crippen LogP) is -0.179. The third kappa shape index (κ3) is 5.74. The van der Waals surface area contributed by atoms with Crippen LogP contribution >= 0.6 is 0 Å². The van der Waals surface area contributed by atoms with Gasteiger partial charge in [0.1, 0.15) is 9.84 Å². The third-order valence-electron chi connectivity index (χ3n) is 2.48. The molecule has 0 aromatic carbocycles. The number of nitrogens with one attached hydrogen (secondary N) is 1. The lowest BCUT2D eigenvalue weighted by molar-refractivity contribution is 0.287. The van der Waals surface area contributed by atoms with Gasteiger partial charge in [-0.05, 0) is 12.8 Å². The highest BCUT2D eigenvalue weighted by Crippen LogP contribution is 2.26. The normalized spacial score (nSPS) is 16.9. The molecule has 0 atom stereocenters. The van der Waals surface area contributed by atoms with Crippen LogP contribution in [0.4, 0.5) is 0 Å². The van der Waals surface area contributed by atoms with Crippen molar-refractivity contribution in [3.8, 4) is 0 Å². The average molecular weight is 233 g/mol. The number of hydrogen-bond acceptors (Lipinski definition) is 4. The highest BCUT2D eigenvalue weighted by Gasteiger charge is 2.28. The lowest BCUT2D eigenvalue weighted by Crippen LogP contribution is -2.33. The maximum Gasteiger partial charge on any atom is 0.148 e. The Morgan fingerprint density at radius 2 is 2.07 bits per heavy atom. The van der Waals surface area contributed by atoms with Crippen LogP contribution in [0.2, 0.25) is 0 Å². The lowest BCUT2D eigenvalue weighted by atomic mass is 10.3. The highest BCUT2D eigenvalue weighted by atomic mass is 32.2. The number of nitrogens with two attached hydrogens (primary N) is 1. The van der Waals surface area contributed by atoms with E-state index in [0.717, 1.165) is 12.8 Å². The van der Waals surface area contributed by atoms with Crippen molar-refractivity contribution in [2.75, 3.05) is 25.1 Å². The molecule has 0 unspecified atom stereocenters. The Morgan fingerprint density at radius 1 is 1.47 bits per heavy atom. The molecule has 1 aliphatic rings. The Bertz CT molecular complexity index is 322. The van der Waals surface area contributed by atoms with E-state index in [1.807, 2.05) is 0 Å². The van der Waals surface area contributed by atoms with Gasteiger partial charge >= 0.3 is 0 Å². The molecular weight excluding hydrogens is 214 g/mol. The molecular formula is C9H19N3O2S. The monoisotopic (exact) mass is 233 g/mol. The van der Waals surface area contributed by atoms with Crippen LogP contribution in [0.5, 0.6) is 0 Å². The van der Waals surface area contributed by atoms with Crippen LogP contribution in [0, 0.1) is 5.41 Å². The highest BCUT2D eigenvalue weighted by molar-refractivity contribution is 7.90. The van der Waals surface area contributed by atoms with Crippen molar-refractivity contribution in [3.05, 3.63) is 0 Å². The van der Waals surface area contributed by atoms with Crippen LogP contribution in [-0.4, -0.2) is 50.3 Å². The summed E-state index contributed by atoms with van der Waals surface area (Å²) in [7, 11) is -2.89. The van der Waals surface area contributed by atoms with E-state index >= 15 is 0 Å². The second-order valence-electron chi connectivity index (χ2n) is 4.17. The van der Waals surface area contributed by atoms with Crippen LogP contribution in [-0.2, 0) is 9.84 Å². The number of rotatable bonds is 7. The van der Waals surface area contributed by atoms with Gasteiger partial charge in [-0.3, -0.25) is 10.3 Å². The molecule has 1 aliphatic carbocycles. The summed E-state index contributed by atoms with van der Waals surface area (Å²) < 4.78 is 22.0. The smallest absolute Gasteiger partial charge is 0.148 e. The maximum atomic E-state index is 11.0. The van der Waals surface area contributed by atoms with Crippen LogP contribution in [0.15, 0.2) is 0 Å². The summed E-state index contributed by atoms with van der Waals surface area (Å²) in [6.07, 6.45) is 4.06. The van der Waals surface area contributed by atoms with Crippen LogP contribution < -0.4 is 5.73 Å². The summed E-state index contributed by atoms with van der Waals surface area (Å²) in [6.45, 7) is 1.27. The predicted molar refractivity (Wildman–Crippen MR) is 60.8 cm³/mol. The Balaban J connectivity index is 2.34. The maximum absolute atomic E-state index is 11.0. The van der Waals surface area contributed by atoms with E-state index in [4.69, 9.17) is 11.1 Å². The summed E-state index contributed by atoms with van der Waals surface area (Å²) in [4.78, 5) is 2.13. The SMILES string of the molecule is CS(=O)(=O)CCN(CCC(=N)N)C1CC1. The molecule has 6 heteroatoms. The van der Waals surface area contributed by atoms with Gasteiger partial charge in [0.25, 0.3) is 0 Å². The van der Waals surface area contributed by atoms with Crippen molar-refractivity contribution >= 4 is 15.7 Å². The molecule has 0 saturated heterocycles. The fraction of sp³-hybridized carbons (Fsp3) is 0.889. The third-order valence-corrected chi connectivity index (χ3v) is 3.41. The molecule has 0 bridgehead atoms. The van der Waals surface area contributed by atoms with Crippen LogP contribution in [0.1, 0.15) is 19.3 Å². The molecule has 1 saturated carbocycles. The summed E-state index contributed by atoms with van der Waals surface area (Å²) in [5.74, 6) is 0.363. The lowest BCUT2D eigenvalue weighted by Gasteiger charge is -2.20. The van der Waals surface area contributed by atoms with Crippen molar-refractivity contribution < 1.29 is 8.42 Å². The molecule has 1 fully saturated rings. The minimum Gasteiger partial charge on any atom is -0.388 e. The van der Waals surface area contributed by atoms with Gasteiger partial charge in [-0.2, -0.15) is 0 Å². The zero-order valence-electron chi connectivity index (χ0n) is 9.07. The van der Waals surface area contributed by atoms with E-state index in [-0.39, 0.29) is 11.6 Å². The second-order valence-corrected chi connectivity index (χ2v) is 6.43. The number of nitrogens with zero attached hydrogens (tertiary/aromatic N) is 1. The van der Waals surface area contributed by atoms with E-state index in [1.165, 1.54) is 6.26 Å². The first kappa shape index (κ1) is 12.4. The summed E-state index contributed by atoms with van der Waals surface area (Å²) in [6, 6.07) is 0.520. The molecule has 0 radical (unpaired) electrons. The molecule has 3 N–H and O–H groups in total. The quantitative estimate of drug-likeness (QED) is 0.472. The number of sulfone groups is 1. The molecule has 5 nitrogen and oxygen atoms in total. The van der Waals surface area contributed by atoms with Crippen LogP contribution in [0.25, 0.3) is 0 Å². The van der Waals surface area contributed by atoms with Gasteiger partial charge in [0.2, 0.25) is 0 Å². The van der Waals surface area contributed by atoms with Gasteiger partial charge in [0, 0.05) is 31.8 Å². The Hall–Kier alpha value is -0.620. The molecule has 0 amide bonds. The van der Waals surface area contributed by atoms with Crippen molar-refractivity contribution in [1.82, 2.24) is 4.90 Å². The fourth-order valence-corrected chi connectivity index (χ4v) is 2.03. The minimum absolute atomic E-state index is 0.167. The van der Waals surface area contributed by atoms with Gasteiger partial charge in [-0.25, -0.2) is 8.42 Å². The number of hydrogen-bond donors (Lipinski definition) is 2. The van der Waals surface area contributed by atoms with E-state index in [2.05, 4.69) is 4.90 Å². The first-order valence-corrected chi connectivity index (χ1v) is 7.19. The van der Waals surface area contributed by atoms with Crippen molar-refractivity contribution in [3.63, 3.8) is 0 Å². The Kier molecular flexibility index (Phi) is 4.10. The number of amidine groups is 1. The molecule has 15 heavy (non-hydrogen) atoms. The van der Waals surface area contributed by atoms with Crippen molar-refractivity contribution in [2.45, 2.75) is 25.3 Å². The zero-order chi connectivity index (χ0) is 11.5. The van der Waals surface area contributed by atoms with Gasteiger partial charge in [0.15, 0.2) is 0 Å². The first-order chi connectivity index (χ1) is 6.88. The van der Waals surface area contributed by atoms with E-state index < -0.39 is 9.84 Å². The van der Waals surface area contributed by atoms with Gasteiger partial charge < -0.3 is 5.73 Å². The standard InChI is InChI=1S/C9H19N3O2S/c1-15(13,14)7-6-12(8-2-3-8)5-4-9(10)11/h8H,2-7H2,1H3,(H3,10,11). The summed E-state index contributed by atoms with van der Waals surface area (Å²) >= 11 is 0. The van der Waals surface area contributed by atoms with E-state index in [0.29, 0.717) is 25.6 Å². The molecule has 88 valence electrons. The van der Waals surface area contributed by atoms with Crippen LogP contribution in [0.3, 0.4) is 0 Å². The van der Waals surface area contributed by atoms with E-state index in [1.54, 1.807) is 0 Å². The fourth-order valence-electron chi connectivity index (χ4n) is 1.46. The Morgan fingerprint density at radius 3 is 2.47 bits per heavy atom. The first-order valence-electron chi connectivity index (χ1n) is 5.13. The topological polar surface area (TPSA) is 87.2 Å². The molecule has 0 heterocycles. The average Bonchev–Trinajstić information content (AvgIpc) is 2.85.